The summed E-state index contributed by atoms with van der Waals surface area (Å²) in [4.78, 5) is 15.2. The van der Waals surface area contributed by atoms with Crippen LogP contribution < -0.4 is 10.1 Å². The van der Waals surface area contributed by atoms with Crippen LogP contribution >= 0.6 is 12.4 Å². The van der Waals surface area contributed by atoms with Crippen molar-refractivity contribution in [3.63, 3.8) is 0 Å². The fourth-order valence-corrected chi connectivity index (χ4v) is 5.65. The van der Waals surface area contributed by atoms with Crippen LogP contribution in [-0.4, -0.2) is 69.1 Å². The molecular weight excluding hydrogens is 517 g/mol. The van der Waals surface area contributed by atoms with Gasteiger partial charge in [-0.1, -0.05) is 13.0 Å². The number of nitrogens with one attached hydrogen (secondary N) is 1. The molecule has 1 amide bonds. The normalized spacial score (nSPS) is 15.7. The van der Waals surface area contributed by atoms with Crippen LogP contribution in [0.1, 0.15) is 49.0 Å². The van der Waals surface area contributed by atoms with Gasteiger partial charge in [-0.15, -0.1) is 12.4 Å². The smallest absolute Gasteiger partial charge is 0.255 e. The summed E-state index contributed by atoms with van der Waals surface area (Å²) in [5.41, 5.74) is 2.02. The third-order valence-corrected chi connectivity index (χ3v) is 8.12. The van der Waals surface area contributed by atoms with E-state index in [2.05, 4.69) is 24.1 Å². The molecule has 0 radical (unpaired) electrons. The van der Waals surface area contributed by atoms with Crippen molar-refractivity contribution in [3.8, 4) is 5.75 Å². The average molecular weight is 556 g/mol. The van der Waals surface area contributed by atoms with E-state index in [0.29, 0.717) is 36.0 Å². The number of hydrogen-bond donors (Lipinski definition) is 1. The summed E-state index contributed by atoms with van der Waals surface area (Å²) < 4.78 is 43.9. The number of ether oxygens (including phenoxy) is 1. The Morgan fingerprint density at radius 3 is 2.41 bits per heavy atom. The monoisotopic (exact) mass is 555 g/mol. The van der Waals surface area contributed by atoms with E-state index in [-0.39, 0.29) is 24.4 Å². The van der Waals surface area contributed by atoms with E-state index in [1.165, 1.54) is 30.5 Å². The van der Waals surface area contributed by atoms with Gasteiger partial charge in [0.1, 0.15) is 11.6 Å². The average Bonchev–Trinajstić information content (AvgIpc) is 2.84. The molecule has 0 aliphatic carbocycles. The fraction of sp³-hybridized carbons (Fsp3) is 0.519. The van der Waals surface area contributed by atoms with Crippen molar-refractivity contribution in [2.45, 2.75) is 45.6 Å². The largest absolute Gasteiger partial charge is 0.495 e. The molecule has 3 rings (SSSR count). The van der Waals surface area contributed by atoms with Crippen molar-refractivity contribution in [1.29, 1.82) is 0 Å². The van der Waals surface area contributed by atoms with E-state index in [9.17, 15) is 17.6 Å². The Labute approximate surface area is 226 Å². The topological polar surface area (TPSA) is 79.0 Å². The Morgan fingerprint density at radius 1 is 1.19 bits per heavy atom. The molecule has 1 heterocycles. The van der Waals surface area contributed by atoms with Crippen molar-refractivity contribution >= 4 is 34.0 Å². The number of sulfonamides is 1. The van der Waals surface area contributed by atoms with Gasteiger partial charge in [-0.3, -0.25) is 4.79 Å². The molecule has 2 aromatic rings. The maximum atomic E-state index is 13.2. The van der Waals surface area contributed by atoms with Gasteiger partial charge in [-0.25, -0.2) is 17.1 Å². The van der Waals surface area contributed by atoms with E-state index >= 15 is 0 Å². The number of amides is 1. The van der Waals surface area contributed by atoms with Gasteiger partial charge in [-0.05, 0) is 87.0 Å². The second kappa shape index (κ2) is 14.1. The Kier molecular flexibility index (Phi) is 11.8. The minimum Gasteiger partial charge on any atom is -0.495 e. The number of carbonyl (C=O) groups excluding carboxylic acids is 1. The summed E-state index contributed by atoms with van der Waals surface area (Å²) in [6.07, 6.45) is 4.87. The molecule has 0 spiro atoms. The van der Waals surface area contributed by atoms with Gasteiger partial charge in [0, 0.05) is 31.2 Å². The molecule has 1 unspecified atom stereocenters. The Bertz CT molecular complexity index is 1120. The standard InChI is InChI=1S/C27H38FN3O4S.ClH/c1-5-14-30(19-21-12-15-31(16-13-21)36(4,33)34)20(2)17-22-6-11-26(35-3)25(18-22)29-27(32)23-7-9-24(28)10-8-23;/h6-11,18,20-21H,5,12-17,19H2,1-4H3,(H,29,32);1H. The molecule has 10 heteroatoms. The number of nitrogens with zero attached hydrogens (tertiary/aromatic N) is 2. The van der Waals surface area contributed by atoms with Gasteiger partial charge < -0.3 is 15.0 Å². The lowest BCUT2D eigenvalue weighted by Crippen LogP contribution is -2.44. The van der Waals surface area contributed by atoms with Crippen LogP contribution in [0, 0.1) is 11.7 Å². The van der Waals surface area contributed by atoms with Crippen LogP contribution in [0.3, 0.4) is 0 Å². The first-order valence-corrected chi connectivity index (χ1v) is 14.4. The summed E-state index contributed by atoms with van der Waals surface area (Å²) in [5, 5.41) is 2.89. The molecule has 0 bridgehead atoms. The Hall–Kier alpha value is -2.20. The number of methoxy groups -OCH3 is 1. The van der Waals surface area contributed by atoms with Crippen molar-refractivity contribution in [3.05, 3.63) is 59.4 Å². The van der Waals surface area contributed by atoms with Crippen molar-refractivity contribution < 1.29 is 22.3 Å². The van der Waals surface area contributed by atoms with E-state index in [1.54, 1.807) is 11.4 Å². The quantitative estimate of drug-likeness (QED) is 0.430. The second-order valence-electron chi connectivity index (χ2n) is 9.65. The van der Waals surface area contributed by atoms with Crippen LogP contribution in [-0.2, 0) is 16.4 Å². The number of halogens is 2. The molecule has 7 nitrogen and oxygen atoms in total. The summed E-state index contributed by atoms with van der Waals surface area (Å²) in [6, 6.07) is 11.5. The third kappa shape index (κ3) is 8.95. The molecule has 1 fully saturated rings. The number of benzene rings is 2. The maximum absolute atomic E-state index is 13.2. The van der Waals surface area contributed by atoms with E-state index < -0.39 is 15.8 Å². The first-order chi connectivity index (χ1) is 17.1. The molecule has 1 atom stereocenters. The lowest BCUT2D eigenvalue weighted by molar-refractivity contribution is 0.102. The van der Waals surface area contributed by atoms with Crippen molar-refractivity contribution in [1.82, 2.24) is 9.21 Å². The highest BCUT2D eigenvalue weighted by Gasteiger charge is 2.27. The first-order valence-electron chi connectivity index (χ1n) is 12.5. The van der Waals surface area contributed by atoms with Gasteiger partial charge in [0.2, 0.25) is 10.0 Å². The third-order valence-electron chi connectivity index (χ3n) is 6.82. The van der Waals surface area contributed by atoms with Crippen molar-refractivity contribution in [2.75, 3.05) is 44.9 Å². The van der Waals surface area contributed by atoms with Crippen LogP contribution in [0.25, 0.3) is 0 Å². The second-order valence-corrected chi connectivity index (χ2v) is 11.6. The highest BCUT2D eigenvalue weighted by Crippen LogP contribution is 2.28. The molecule has 206 valence electrons. The molecule has 37 heavy (non-hydrogen) atoms. The maximum Gasteiger partial charge on any atom is 0.255 e. The molecule has 2 aromatic carbocycles. The van der Waals surface area contributed by atoms with E-state index in [1.807, 2.05) is 18.2 Å². The molecule has 1 aliphatic heterocycles. The highest BCUT2D eigenvalue weighted by molar-refractivity contribution is 7.88. The molecular formula is C27H39ClFN3O4S. The highest BCUT2D eigenvalue weighted by atomic mass is 35.5. The van der Waals surface area contributed by atoms with Crippen LogP contribution in [0.2, 0.25) is 0 Å². The molecule has 1 saturated heterocycles. The van der Waals surface area contributed by atoms with Crippen LogP contribution in [0.4, 0.5) is 10.1 Å². The molecule has 0 saturated carbocycles. The van der Waals surface area contributed by atoms with Gasteiger partial charge in [0.05, 0.1) is 19.1 Å². The number of piperidine rings is 1. The van der Waals surface area contributed by atoms with Crippen molar-refractivity contribution in [2.24, 2.45) is 5.92 Å². The summed E-state index contributed by atoms with van der Waals surface area (Å²) in [6.45, 7) is 7.47. The Morgan fingerprint density at radius 2 is 1.84 bits per heavy atom. The summed E-state index contributed by atoms with van der Waals surface area (Å²) in [5.74, 6) is 0.313. The zero-order chi connectivity index (χ0) is 26.3. The van der Waals surface area contributed by atoms with Crippen LogP contribution in [0.15, 0.2) is 42.5 Å². The number of hydrogen-bond acceptors (Lipinski definition) is 5. The molecule has 1 aliphatic rings. The SMILES string of the molecule is CCCN(CC1CCN(S(C)(=O)=O)CC1)C(C)Cc1ccc(OC)c(NC(=O)c2ccc(F)cc2)c1.Cl. The van der Waals surface area contributed by atoms with Gasteiger partial charge in [0.15, 0.2) is 0 Å². The van der Waals surface area contributed by atoms with Gasteiger partial charge >= 0.3 is 0 Å². The number of carbonyl (C=O) groups is 1. The van der Waals surface area contributed by atoms with E-state index in [0.717, 1.165) is 44.3 Å². The zero-order valence-corrected chi connectivity index (χ0v) is 23.7. The fourth-order valence-electron chi connectivity index (χ4n) is 4.78. The predicted octanol–water partition coefficient (Wildman–Crippen LogP) is 4.82. The van der Waals surface area contributed by atoms with Gasteiger partial charge in [-0.2, -0.15) is 0 Å². The molecule has 0 aromatic heterocycles. The minimum absolute atomic E-state index is 0. The summed E-state index contributed by atoms with van der Waals surface area (Å²) >= 11 is 0. The minimum atomic E-state index is -3.12. The lowest BCUT2D eigenvalue weighted by atomic mass is 9.96. The Balaban J connectivity index is 0.00000481. The zero-order valence-electron chi connectivity index (χ0n) is 22.1. The first kappa shape index (κ1) is 31.0. The van der Waals surface area contributed by atoms with E-state index in [4.69, 9.17) is 4.74 Å². The van der Waals surface area contributed by atoms with Gasteiger partial charge in [0.25, 0.3) is 5.91 Å². The predicted molar refractivity (Wildman–Crippen MR) is 149 cm³/mol. The van der Waals surface area contributed by atoms with Crippen LogP contribution in [0.5, 0.6) is 5.75 Å². The number of anilines is 1. The lowest BCUT2D eigenvalue weighted by Gasteiger charge is -2.36. The molecule has 1 N–H and O–H groups in total. The number of rotatable bonds is 11. The summed E-state index contributed by atoms with van der Waals surface area (Å²) in [7, 11) is -1.56.